The van der Waals surface area contributed by atoms with Crippen molar-refractivity contribution in [1.29, 1.82) is 0 Å². The second-order valence-corrected chi connectivity index (χ2v) is 4.59. The average molecular weight is 273 g/mol. The van der Waals surface area contributed by atoms with Crippen molar-refractivity contribution in [3.63, 3.8) is 0 Å². The van der Waals surface area contributed by atoms with E-state index in [2.05, 4.69) is 9.97 Å². The zero-order valence-corrected chi connectivity index (χ0v) is 12.2. The Morgan fingerprint density at radius 2 is 1.85 bits per heavy atom. The van der Waals surface area contributed by atoms with E-state index >= 15 is 0 Å². The molecule has 1 unspecified atom stereocenters. The second kappa shape index (κ2) is 5.88. The Labute approximate surface area is 118 Å². The van der Waals surface area contributed by atoms with E-state index in [1.165, 1.54) is 6.33 Å². The van der Waals surface area contributed by atoms with E-state index in [9.17, 15) is 0 Å². The third-order valence-electron chi connectivity index (χ3n) is 3.44. The number of nitrogens with zero attached hydrogens (tertiary/aromatic N) is 2. The van der Waals surface area contributed by atoms with Gasteiger partial charge in [-0.15, -0.1) is 0 Å². The molecule has 1 aromatic heterocycles. The van der Waals surface area contributed by atoms with Gasteiger partial charge in [0.2, 0.25) is 5.88 Å². The van der Waals surface area contributed by atoms with Gasteiger partial charge in [0.25, 0.3) is 0 Å². The van der Waals surface area contributed by atoms with Crippen LogP contribution in [0.15, 0.2) is 24.5 Å². The third-order valence-corrected chi connectivity index (χ3v) is 3.44. The van der Waals surface area contributed by atoms with Gasteiger partial charge in [0, 0.05) is 11.6 Å². The Morgan fingerprint density at radius 1 is 1.10 bits per heavy atom. The second-order valence-electron chi connectivity index (χ2n) is 4.59. The summed E-state index contributed by atoms with van der Waals surface area (Å²) >= 11 is 0. The van der Waals surface area contributed by atoms with E-state index < -0.39 is 0 Å². The quantitative estimate of drug-likeness (QED) is 0.924. The van der Waals surface area contributed by atoms with Crippen LogP contribution < -0.4 is 15.2 Å². The summed E-state index contributed by atoms with van der Waals surface area (Å²) in [5.41, 5.74) is 10.2. The van der Waals surface area contributed by atoms with E-state index in [0.717, 1.165) is 22.4 Å². The molecule has 0 amide bonds. The van der Waals surface area contributed by atoms with Gasteiger partial charge in [-0.25, -0.2) is 9.97 Å². The summed E-state index contributed by atoms with van der Waals surface area (Å²) in [6, 6.07) is 5.35. The first-order chi connectivity index (χ1) is 9.58. The van der Waals surface area contributed by atoms with E-state index in [4.69, 9.17) is 15.2 Å². The fourth-order valence-electron chi connectivity index (χ4n) is 2.12. The van der Waals surface area contributed by atoms with Crippen LogP contribution in [0.25, 0.3) is 0 Å². The first-order valence-corrected chi connectivity index (χ1v) is 6.34. The summed E-state index contributed by atoms with van der Waals surface area (Å²) in [6.07, 6.45) is 1.45. The van der Waals surface area contributed by atoms with Crippen LogP contribution >= 0.6 is 0 Å². The van der Waals surface area contributed by atoms with Crippen molar-refractivity contribution in [2.24, 2.45) is 5.73 Å². The van der Waals surface area contributed by atoms with Gasteiger partial charge in [-0.1, -0.05) is 12.1 Å². The van der Waals surface area contributed by atoms with Crippen molar-refractivity contribution in [3.8, 4) is 11.6 Å². The van der Waals surface area contributed by atoms with E-state index in [-0.39, 0.29) is 6.04 Å². The summed E-state index contributed by atoms with van der Waals surface area (Å²) in [4.78, 5) is 8.21. The van der Waals surface area contributed by atoms with Crippen molar-refractivity contribution >= 4 is 0 Å². The highest BCUT2D eigenvalue weighted by atomic mass is 16.5. The molecule has 1 heterocycles. The Balaban J connectivity index is 2.47. The van der Waals surface area contributed by atoms with Gasteiger partial charge < -0.3 is 15.2 Å². The normalized spacial score (nSPS) is 12.1. The minimum Gasteiger partial charge on any atom is -0.496 e. The van der Waals surface area contributed by atoms with Crippen LogP contribution in [0.1, 0.15) is 28.4 Å². The lowest BCUT2D eigenvalue weighted by Gasteiger charge is -2.18. The molecule has 5 nitrogen and oxygen atoms in total. The van der Waals surface area contributed by atoms with Crippen LogP contribution in [0.3, 0.4) is 0 Å². The van der Waals surface area contributed by atoms with Crippen molar-refractivity contribution in [2.45, 2.75) is 19.9 Å². The molecule has 1 aromatic carbocycles. The summed E-state index contributed by atoms with van der Waals surface area (Å²) in [5.74, 6) is 1.29. The number of benzene rings is 1. The molecule has 0 fully saturated rings. The van der Waals surface area contributed by atoms with E-state index in [1.807, 2.05) is 26.0 Å². The Hall–Kier alpha value is -2.14. The molecule has 20 heavy (non-hydrogen) atoms. The topological polar surface area (TPSA) is 70.3 Å². The van der Waals surface area contributed by atoms with Crippen molar-refractivity contribution in [1.82, 2.24) is 9.97 Å². The number of nitrogens with two attached hydrogens (primary N) is 1. The Morgan fingerprint density at radius 3 is 2.50 bits per heavy atom. The molecular weight excluding hydrogens is 254 g/mol. The summed E-state index contributed by atoms with van der Waals surface area (Å²) < 4.78 is 10.6. The van der Waals surface area contributed by atoms with E-state index in [1.54, 1.807) is 20.3 Å². The lowest BCUT2D eigenvalue weighted by atomic mass is 9.97. The molecule has 1 atom stereocenters. The van der Waals surface area contributed by atoms with Crippen LogP contribution in [0, 0.1) is 13.8 Å². The molecule has 2 aromatic rings. The lowest BCUT2D eigenvalue weighted by Crippen LogP contribution is -2.15. The maximum atomic E-state index is 6.31. The van der Waals surface area contributed by atoms with Gasteiger partial charge in [-0.2, -0.15) is 0 Å². The molecule has 0 radical (unpaired) electrons. The molecule has 0 bridgehead atoms. The van der Waals surface area contributed by atoms with Crippen molar-refractivity contribution in [3.05, 3.63) is 46.9 Å². The average Bonchev–Trinajstić information content (AvgIpc) is 2.49. The highest BCUT2D eigenvalue weighted by Gasteiger charge is 2.18. The first kappa shape index (κ1) is 14.3. The van der Waals surface area contributed by atoms with Gasteiger partial charge in [0.1, 0.15) is 12.1 Å². The maximum absolute atomic E-state index is 6.31. The summed E-state index contributed by atoms with van der Waals surface area (Å²) in [5, 5.41) is 0. The highest BCUT2D eigenvalue weighted by Crippen LogP contribution is 2.32. The van der Waals surface area contributed by atoms with Gasteiger partial charge >= 0.3 is 0 Å². The SMILES string of the molecule is COc1cc(C(N)c2ccc(C)c(C)c2OC)ncn1. The molecule has 0 aliphatic heterocycles. The number of hydrogen-bond acceptors (Lipinski definition) is 5. The molecule has 106 valence electrons. The van der Waals surface area contributed by atoms with E-state index in [0.29, 0.717) is 11.6 Å². The van der Waals surface area contributed by atoms with Gasteiger partial charge in [0.15, 0.2) is 0 Å². The number of ether oxygens (including phenoxy) is 2. The van der Waals surface area contributed by atoms with Crippen molar-refractivity contribution < 1.29 is 9.47 Å². The Kier molecular flexibility index (Phi) is 4.20. The molecule has 2 rings (SSSR count). The molecule has 5 heteroatoms. The molecule has 0 spiro atoms. The zero-order chi connectivity index (χ0) is 14.7. The fraction of sp³-hybridized carbons (Fsp3) is 0.333. The molecular formula is C15H19N3O2. The number of methoxy groups -OCH3 is 2. The number of aryl methyl sites for hydroxylation is 1. The monoisotopic (exact) mass is 273 g/mol. The number of hydrogen-bond donors (Lipinski definition) is 1. The molecule has 2 N–H and O–H groups in total. The van der Waals surface area contributed by atoms with Gasteiger partial charge in [0.05, 0.1) is 26.0 Å². The Bertz CT molecular complexity index is 614. The third kappa shape index (κ3) is 2.58. The predicted octanol–water partition coefficient (Wildman–Crippen LogP) is 2.16. The molecule has 0 aliphatic rings. The summed E-state index contributed by atoms with van der Waals surface area (Å²) in [6.45, 7) is 4.06. The summed E-state index contributed by atoms with van der Waals surface area (Å²) in [7, 11) is 3.22. The molecule has 0 aliphatic carbocycles. The highest BCUT2D eigenvalue weighted by molar-refractivity contribution is 5.48. The van der Waals surface area contributed by atoms with Crippen LogP contribution in [-0.4, -0.2) is 24.2 Å². The number of rotatable bonds is 4. The first-order valence-electron chi connectivity index (χ1n) is 6.34. The van der Waals surface area contributed by atoms with Crippen LogP contribution in [-0.2, 0) is 0 Å². The minimum absolute atomic E-state index is 0.388. The molecule has 0 saturated heterocycles. The fourth-order valence-corrected chi connectivity index (χ4v) is 2.12. The van der Waals surface area contributed by atoms with Gasteiger partial charge in [-0.05, 0) is 25.0 Å². The lowest BCUT2D eigenvalue weighted by molar-refractivity contribution is 0.394. The number of aromatic nitrogens is 2. The van der Waals surface area contributed by atoms with Crippen LogP contribution in [0.5, 0.6) is 11.6 Å². The zero-order valence-electron chi connectivity index (χ0n) is 12.2. The smallest absolute Gasteiger partial charge is 0.216 e. The maximum Gasteiger partial charge on any atom is 0.216 e. The van der Waals surface area contributed by atoms with Crippen LogP contribution in [0.4, 0.5) is 0 Å². The largest absolute Gasteiger partial charge is 0.496 e. The standard InChI is InChI=1S/C15H19N3O2/c1-9-5-6-11(15(20-4)10(9)2)14(16)12-7-13(19-3)18-8-17-12/h5-8,14H,16H2,1-4H3. The predicted molar refractivity (Wildman–Crippen MR) is 77.1 cm³/mol. The minimum atomic E-state index is -0.388. The van der Waals surface area contributed by atoms with Crippen LogP contribution in [0.2, 0.25) is 0 Å². The molecule has 0 saturated carbocycles. The van der Waals surface area contributed by atoms with Gasteiger partial charge in [-0.3, -0.25) is 0 Å². The van der Waals surface area contributed by atoms with Crippen molar-refractivity contribution in [2.75, 3.05) is 14.2 Å².